The first kappa shape index (κ1) is 23.1. The lowest BCUT2D eigenvalue weighted by molar-refractivity contribution is -0.138. The molecule has 3 amide bonds. The van der Waals surface area contributed by atoms with Crippen LogP contribution in [0.2, 0.25) is 0 Å². The Bertz CT molecular complexity index is 674. The van der Waals surface area contributed by atoms with E-state index in [0.29, 0.717) is 12.1 Å². The number of nitrogens with two attached hydrogens (primary N) is 1. The summed E-state index contributed by atoms with van der Waals surface area (Å²) in [7, 11) is 0. The zero-order chi connectivity index (χ0) is 21.3. The minimum Gasteiger partial charge on any atom is -0.480 e. The maximum Gasteiger partial charge on any atom is 0.322 e. The van der Waals surface area contributed by atoms with Crippen molar-refractivity contribution < 1.29 is 24.3 Å². The first-order valence-corrected chi connectivity index (χ1v) is 8.93. The number of aliphatic carboxylic acids is 1. The molecule has 0 radical (unpaired) electrons. The molecule has 0 aromatic carbocycles. The molecular weight excluding hydrogens is 368 g/mol. The summed E-state index contributed by atoms with van der Waals surface area (Å²) in [6, 6.07) is -2.74. The third-order valence-corrected chi connectivity index (χ3v) is 3.78. The van der Waals surface area contributed by atoms with Gasteiger partial charge in [-0.3, -0.25) is 19.2 Å². The molecule has 0 aliphatic carbocycles. The van der Waals surface area contributed by atoms with E-state index in [1.807, 2.05) is 13.8 Å². The zero-order valence-electron chi connectivity index (χ0n) is 16.2. The number of nitrogens with zero attached hydrogens (tertiary/aromatic N) is 1. The van der Waals surface area contributed by atoms with Gasteiger partial charge in [0, 0.05) is 18.3 Å². The van der Waals surface area contributed by atoms with E-state index in [1.54, 1.807) is 0 Å². The highest BCUT2D eigenvalue weighted by Crippen LogP contribution is 2.07. The molecule has 28 heavy (non-hydrogen) atoms. The second-order valence-electron chi connectivity index (χ2n) is 6.93. The third kappa shape index (κ3) is 8.16. The number of rotatable bonds is 11. The number of carbonyl (C=O) groups excluding carboxylic acids is 3. The van der Waals surface area contributed by atoms with Gasteiger partial charge in [-0.25, -0.2) is 4.98 Å². The SMILES string of the molecule is CC(C)CC(NC(=O)C(Cc1cnc[nH]1)NC(=O)C(C)N)C(=O)NCC(=O)O. The van der Waals surface area contributed by atoms with Crippen molar-refractivity contribution in [3.05, 3.63) is 18.2 Å². The van der Waals surface area contributed by atoms with E-state index in [9.17, 15) is 19.2 Å². The Kier molecular flexibility index (Phi) is 9.09. The van der Waals surface area contributed by atoms with Crippen molar-refractivity contribution >= 4 is 23.7 Å². The number of nitrogens with one attached hydrogen (secondary N) is 4. The number of aromatic amines is 1. The molecule has 1 heterocycles. The highest BCUT2D eigenvalue weighted by molar-refractivity contribution is 5.93. The largest absolute Gasteiger partial charge is 0.480 e. The molecule has 3 unspecified atom stereocenters. The van der Waals surface area contributed by atoms with Gasteiger partial charge < -0.3 is 31.8 Å². The van der Waals surface area contributed by atoms with Crippen molar-refractivity contribution in [2.45, 2.75) is 51.7 Å². The molecule has 0 spiro atoms. The molecule has 11 nitrogen and oxygen atoms in total. The molecule has 7 N–H and O–H groups in total. The highest BCUT2D eigenvalue weighted by atomic mass is 16.4. The molecule has 0 bridgehead atoms. The van der Waals surface area contributed by atoms with Crippen LogP contribution in [-0.2, 0) is 25.6 Å². The van der Waals surface area contributed by atoms with Crippen molar-refractivity contribution in [2.24, 2.45) is 11.7 Å². The zero-order valence-corrected chi connectivity index (χ0v) is 16.2. The number of carbonyl (C=O) groups is 4. The van der Waals surface area contributed by atoms with Crippen molar-refractivity contribution in [3.8, 4) is 0 Å². The summed E-state index contributed by atoms with van der Waals surface area (Å²) in [4.78, 5) is 54.4. The fourth-order valence-corrected chi connectivity index (χ4v) is 2.39. The molecule has 0 saturated heterocycles. The van der Waals surface area contributed by atoms with Crippen LogP contribution in [0.25, 0.3) is 0 Å². The molecule has 0 saturated carbocycles. The van der Waals surface area contributed by atoms with Crippen molar-refractivity contribution in [2.75, 3.05) is 6.54 Å². The molecular formula is C17H28N6O5. The van der Waals surface area contributed by atoms with Crippen LogP contribution < -0.4 is 21.7 Å². The third-order valence-electron chi connectivity index (χ3n) is 3.78. The van der Waals surface area contributed by atoms with Gasteiger partial charge in [0.2, 0.25) is 17.7 Å². The van der Waals surface area contributed by atoms with Gasteiger partial charge in [0.15, 0.2) is 0 Å². The van der Waals surface area contributed by atoms with E-state index in [-0.39, 0.29) is 12.3 Å². The number of H-pyrrole nitrogens is 1. The van der Waals surface area contributed by atoms with Gasteiger partial charge in [-0.2, -0.15) is 0 Å². The molecule has 3 atom stereocenters. The summed E-state index contributed by atoms with van der Waals surface area (Å²) >= 11 is 0. The van der Waals surface area contributed by atoms with Gasteiger partial charge in [-0.05, 0) is 19.3 Å². The minimum atomic E-state index is -1.19. The van der Waals surface area contributed by atoms with E-state index in [0.717, 1.165) is 0 Å². The average molecular weight is 396 g/mol. The van der Waals surface area contributed by atoms with Crippen LogP contribution in [0.1, 0.15) is 32.9 Å². The van der Waals surface area contributed by atoms with E-state index in [1.165, 1.54) is 19.4 Å². The van der Waals surface area contributed by atoms with Crippen LogP contribution in [0.3, 0.4) is 0 Å². The maximum atomic E-state index is 12.8. The van der Waals surface area contributed by atoms with E-state index < -0.39 is 48.4 Å². The first-order chi connectivity index (χ1) is 13.1. The van der Waals surface area contributed by atoms with Crippen molar-refractivity contribution in [3.63, 3.8) is 0 Å². The lowest BCUT2D eigenvalue weighted by Gasteiger charge is -2.24. The van der Waals surface area contributed by atoms with Crippen molar-refractivity contribution in [1.29, 1.82) is 0 Å². The normalized spacial score (nSPS) is 14.0. The fourth-order valence-electron chi connectivity index (χ4n) is 2.39. The second-order valence-corrected chi connectivity index (χ2v) is 6.93. The lowest BCUT2D eigenvalue weighted by atomic mass is 10.0. The molecule has 1 rings (SSSR count). The topological polar surface area (TPSA) is 179 Å². The number of hydrogen-bond acceptors (Lipinski definition) is 6. The van der Waals surface area contributed by atoms with E-state index in [2.05, 4.69) is 25.9 Å². The number of carboxylic acids is 1. The summed E-state index contributed by atoms with van der Waals surface area (Å²) in [6.45, 7) is 4.66. The summed E-state index contributed by atoms with van der Waals surface area (Å²) in [5.74, 6) is -2.84. The Hall–Kier alpha value is -2.95. The molecule has 156 valence electrons. The Morgan fingerprint density at radius 3 is 2.25 bits per heavy atom. The lowest BCUT2D eigenvalue weighted by Crippen LogP contribution is -2.56. The average Bonchev–Trinajstić information content (AvgIpc) is 3.10. The molecule has 1 aromatic rings. The van der Waals surface area contributed by atoms with Crippen LogP contribution in [0.15, 0.2) is 12.5 Å². The minimum absolute atomic E-state index is 0.0607. The Morgan fingerprint density at radius 2 is 1.75 bits per heavy atom. The molecule has 1 aromatic heterocycles. The van der Waals surface area contributed by atoms with Gasteiger partial charge >= 0.3 is 5.97 Å². The van der Waals surface area contributed by atoms with E-state index >= 15 is 0 Å². The first-order valence-electron chi connectivity index (χ1n) is 8.93. The summed E-state index contributed by atoms with van der Waals surface area (Å²) in [5.41, 5.74) is 6.17. The van der Waals surface area contributed by atoms with Crippen LogP contribution in [0.5, 0.6) is 0 Å². The van der Waals surface area contributed by atoms with Gasteiger partial charge in [-0.1, -0.05) is 13.8 Å². The Balaban J connectivity index is 2.90. The monoisotopic (exact) mass is 396 g/mol. The maximum absolute atomic E-state index is 12.8. The standard InChI is InChI=1S/C17H28N6O5/c1-9(2)4-12(16(27)20-7-14(24)25)23-17(28)13(22-15(26)10(3)18)5-11-6-19-8-21-11/h6,8-10,12-13H,4-5,7,18H2,1-3H3,(H,19,21)(H,20,27)(H,22,26)(H,23,28)(H,24,25). The smallest absolute Gasteiger partial charge is 0.322 e. The number of aromatic nitrogens is 2. The van der Waals surface area contributed by atoms with Crippen LogP contribution in [0, 0.1) is 5.92 Å². The Morgan fingerprint density at radius 1 is 1.11 bits per heavy atom. The molecule has 0 fully saturated rings. The number of amides is 3. The fraction of sp³-hybridized carbons (Fsp3) is 0.588. The molecule has 11 heteroatoms. The van der Waals surface area contributed by atoms with Crippen LogP contribution >= 0.6 is 0 Å². The second kappa shape index (κ2) is 11.0. The van der Waals surface area contributed by atoms with Crippen molar-refractivity contribution in [1.82, 2.24) is 25.9 Å². The van der Waals surface area contributed by atoms with Gasteiger partial charge in [0.25, 0.3) is 0 Å². The van der Waals surface area contributed by atoms with Gasteiger partial charge in [0.1, 0.15) is 18.6 Å². The van der Waals surface area contributed by atoms with Gasteiger partial charge in [-0.15, -0.1) is 0 Å². The predicted octanol–water partition coefficient (Wildman–Crippen LogP) is -1.48. The highest BCUT2D eigenvalue weighted by Gasteiger charge is 2.28. The summed E-state index contributed by atoms with van der Waals surface area (Å²) in [6.07, 6.45) is 3.38. The summed E-state index contributed by atoms with van der Waals surface area (Å²) in [5, 5.41) is 16.1. The van der Waals surface area contributed by atoms with Crippen LogP contribution in [0.4, 0.5) is 0 Å². The number of carboxylic acid groups (broad SMARTS) is 1. The molecule has 0 aliphatic heterocycles. The van der Waals surface area contributed by atoms with Crippen LogP contribution in [-0.4, -0.2) is 63.4 Å². The molecule has 0 aliphatic rings. The number of imidazole rings is 1. The van der Waals surface area contributed by atoms with E-state index in [4.69, 9.17) is 10.8 Å². The Labute approximate surface area is 162 Å². The predicted molar refractivity (Wildman–Crippen MR) is 99.9 cm³/mol. The van der Waals surface area contributed by atoms with Gasteiger partial charge in [0.05, 0.1) is 12.4 Å². The quantitative estimate of drug-likeness (QED) is 0.264. The number of hydrogen-bond donors (Lipinski definition) is 6. The summed E-state index contributed by atoms with van der Waals surface area (Å²) < 4.78 is 0.